The Morgan fingerprint density at radius 3 is 2.86 bits per heavy atom. The molecule has 0 radical (unpaired) electrons. The molecule has 1 aliphatic heterocycles. The summed E-state index contributed by atoms with van der Waals surface area (Å²) in [5, 5.41) is 5.41. The van der Waals surface area contributed by atoms with Gasteiger partial charge in [0.1, 0.15) is 5.82 Å². The van der Waals surface area contributed by atoms with Gasteiger partial charge in [0.05, 0.1) is 5.92 Å². The Hall–Kier alpha value is -1.96. The van der Waals surface area contributed by atoms with Gasteiger partial charge in [0.25, 0.3) is 0 Å². The molecule has 1 aliphatic rings. The topological polar surface area (TPSA) is 58.2 Å². The van der Waals surface area contributed by atoms with Crippen molar-refractivity contribution in [2.75, 3.05) is 10.6 Å². The Bertz CT molecular complexity index is 764. The van der Waals surface area contributed by atoms with Crippen LogP contribution in [0.25, 0.3) is 0 Å². The number of hydrogen-bond donors (Lipinski definition) is 2. The fraction of sp³-hybridized carbons (Fsp3) is 0.125. The zero-order chi connectivity index (χ0) is 15.7. The second-order valence-corrected chi connectivity index (χ2v) is 6.28. The summed E-state index contributed by atoms with van der Waals surface area (Å²) in [6.07, 6.45) is 0.0500. The molecular weight excluding hydrogens is 398 g/mol. The average molecular weight is 410 g/mol. The van der Waals surface area contributed by atoms with E-state index in [-0.39, 0.29) is 18.2 Å². The predicted octanol–water partition coefficient (Wildman–Crippen LogP) is 3.49. The van der Waals surface area contributed by atoms with Crippen molar-refractivity contribution in [1.29, 1.82) is 0 Å². The first kappa shape index (κ1) is 15.0. The highest BCUT2D eigenvalue weighted by Crippen LogP contribution is 2.33. The average Bonchev–Trinajstić information content (AvgIpc) is 2.45. The summed E-state index contributed by atoms with van der Waals surface area (Å²) < 4.78 is 14.3. The third kappa shape index (κ3) is 3.11. The number of hydrogen-bond acceptors (Lipinski definition) is 2. The number of carbonyl (C=O) groups excluding carboxylic acids is 2. The first-order valence-corrected chi connectivity index (χ1v) is 7.76. The summed E-state index contributed by atoms with van der Waals surface area (Å²) in [6.45, 7) is 0. The van der Waals surface area contributed by atoms with E-state index in [1.807, 2.05) is 18.2 Å². The van der Waals surface area contributed by atoms with E-state index in [9.17, 15) is 14.0 Å². The third-order valence-corrected chi connectivity index (χ3v) is 4.13. The van der Waals surface area contributed by atoms with E-state index >= 15 is 0 Å². The van der Waals surface area contributed by atoms with Crippen LogP contribution in [0.2, 0.25) is 0 Å². The van der Waals surface area contributed by atoms with Crippen LogP contribution in [0.4, 0.5) is 15.8 Å². The van der Waals surface area contributed by atoms with Gasteiger partial charge in [-0.05, 0) is 58.5 Å². The first-order valence-electron chi connectivity index (χ1n) is 6.68. The van der Waals surface area contributed by atoms with Crippen molar-refractivity contribution in [2.24, 2.45) is 0 Å². The van der Waals surface area contributed by atoms with Gasteiger partial charge in [0.2, 0.25) is 11.8 Å². The van der Waals surface area contributed by atoms with Crippen molar-refractivity contribution >= 4 is 45.8 Å². The van der Waals surface area contributed by atoms with E-state index < -0.39 is 11.7 Å². The van der Waals surface area contributed by atoms with Gasteiger partial charge in [0, 0.05) is 21.4 Å². The van der Waals surface area contributed by atoms with Crippen molar-refractivity contribution in [3.63, 3.8) is 0 Å². The lowest BCUT2D eigenvalue weighted by Gasteiger charge is -2.24. The van der Waals surface area contributed by atoms with Crippen LogP contribution in [-0.2, 0) is 9.59 Å². The van der Waals surface area contributed by atoms with Gasteiger partial charge in [-0.3, -0.25) is 9.59 Å². The number of rotatable bonds is 2. The van der Waals surface area contributed by atoms with Crippen LogP contribution >= 0.6 is 22.6 Å². The molecule has 0 unspecified atom stereocenters. The molecule has 2 N–H and O–H groups in total. The number of fused-ring (bicyclic) bond motifs is 1. The predicted molar refractivity (Wildman–Crippen MR) is 90.2 cm³/mol. The van der Waals surface area contributed by atoms with E-state index in [4.69, 9.17) is 0 Å². The van der Waals surface area contributed by atoms with Crippen LogP contribution in [0.5, 0.6) is 0 Å². The normalized spacial score (nSPS) is 16.6. The molecule has 22 heavy (non-hydrogen) atoms. The van der Waals surface area contributed by atoms with E-state index in [1.54, 1.807) is 12.1 Å². The molecule has 2 amide bonds. The first-order chi connectivity index (χ1) is 10.5. The molecule has 2 aromatic carbocycles. The van der Waals surface area contributed by atoms with Crippen LogP contribution in [0, 0.1) is 9.39 Å². The van der Waals surface area contributed by atoms with Gasteiger partial charge >= 0.3 is 0 Å². The van der Waals surface area contributed by atoms with Crippen LogP contribution in [-0.4, -0.2) is 11.8 Å². The van der Waals surface area contributed by atoms with Crippen LogP contribution in [0.3, 0.4) is 0 Å². The minimum absolute atomic E-state index is 0.0500. The minimum Gasteiger partial charge on any atom is -0.326 e. The Balaban J connectivity index is 1.88. The van der Waals surface area contributed by atoms with Gasteiger partial charge in [-0.1, -0.05) is 12.1 Å². The monoisotopic (exact) mass is 410 g/mol. The number of carbonyl (C=O) groups is 2. The zero-order valence-corrected chi connectivity index (χ0v) is 13.6. The number of amides is 2. The van der Waals surface area contributed by atoms with Gasteiger partial charge in [-0.2, -0.15) is 0 Å². The van der Waals surface area contributed by atoms with Gasteiger partial charge in [-0.15, -0.1) is 0 Å². The van der Waals surface area contributed by atoms with Crippen LogP contribution < -0.4 is 10.6 Å². The molecule has 0 fully saturated rings. The van der Waals surface area contributed by atoms with E-state index in [1.165, 1.54) is 12.1 Å². The van der Waals surface area contributed by atoms with Crippen molar-refractivity contribution in [2.45, 2.75) is 12.3 Å². The molecule has 4 nitrogen and oxygen atoms in total. The highest BCUT2D eigenvalue weighted by Gasteiger charge is 2.30. The second kappa shape index (κ2) is 6.04. The molecular formula is C16H12FIN2O2. The highest BCUT2D eigenvalue weighted by atomic mass is 127. The molecule has 0 saturated heterocycles. The van der Waals surface area contributed by atoms with Crippen molar-refractivity contribution in [3.8, 4) is 0 Å². The second-order valence-electron chi connectivity index (χ2n) is 5.04. The minimum atomic E-state index is -0.623. The molecule has 0 saturated carbocycles. The fourth-order valence-electron chi connectivity index (χ4n) is 2.47. The summed E-state index contributed by atoms with van der Waals surface area (Å²) in [4.78, 5) is 24.2. The molecule has 6 heteroatoms. The molecule has 0 spiro atoms. The van der Waals surface area contributed by atoms with Gasteiger partial charge in [-0.25, -0.2) is 4.39 Å². The lowest BCUT2D eigenvalue weighted by atomic mass is 9.89. The maximum Gasteiger partial charge on any atom is 0.232 e. The summed E-state index contributed by atoms with van der Waals surface area (Å²) in [5.74, 6) is -1.63. The molecule has 3 rings (SSSR count). The van der Waals surface area contributed by atoms with E-state index in [2.05, 4.69) is 33.2 Å². The van der Waals surface area contributed by atoms with Crippen molar-refractivity contribution < 1.29 is 14.0 Å². The number of halogens is 2. The Morgan fingerprint density at radius 1 is 1.27 bits per heavy atom. The standard InChI is InChI=1S/C16H12FIN2O2/c17-9-4-5-12-13(8-15(21)20-14(12)6-9)16(22)19-11-3-1-2-10(18)7-11/h1-7,13H,8H2,(H,19,22)(H,20,21)/t13-/m1/s1. The third-order valence-electron chi connectivity index (χ3n) is 3.46. The number of benzene rings is 2. The maximum atomic E-state index is 13.3. The molecule has 112 valence electrons. The van der Waals surface area contributed by atoms with Crippen molar-refractivity contribution in [1.82, 2.24) is 0 Å². The SMILES string of the molecule is O=C1C[C@@H](C(=O)Nc2cccc(I)c2)c2ccc(F)cc2N1. The molecule has 0 aliphatic carbocycles. The Kier molecular flexibility index (Phi) is 4.10. The van der Waals surface area contributed by atoms with E-state index in [0.717, 1.165) is 3.57 Å². The van der Waals surface area contributed by atoms with Crippen LogP contribution in [0.1, 0.15) is 17.9 Å². The number of nitrogens with one attached hydrogen (secondary N) is 2. The largest absolute Gasteiger partial charge is 0.326 e. The number of anilines is 2. The summed E-state index contributed by atoms with van der Waals surface area (Å²) >= 11 is 2.16. The highest BCUT2D eigenvalue weighted by molar-refractivity contribution is 14.1. The van der Waals surface area contributed by atoms with Crippen molar-refractivity contribution in [3.05, 3.63) is 57.4 Å². The summed E-state index contributed by atoms with van der Waals surface area (Å²) in [6, 6.07) is 11.5. The molecule has 0 bridgehead atoms. The molecule has 1 atom stereocenters. The molecule has 0 aromatic heterocycles. The Labute approximate surface area is 140 Å². The fourth-order valence-corrected chi connectivity index (χ4v) is 3.01. The summed E-state index contributed by atoms with van der Waals surface area (Å²) in [5.41, 5.74) is 1.66. The molecule has 2 aromatic rings. The lowest BCUT2D eigenvalue weighted by molar-refractivity contribution is -0.123. The maximum absolute atomic E-state index is 13.3. The van der Waals surface area contributed by atoms with E-state index in [0.29, 0.717) is 16.9 Å². The smallest absolute Gasteiger partial charge is 0.232 e. The zero-order valence-electron chi connectivity index (χ0n) is 11.4. The van der Waals surface area contributed by atoms with Crippen LogP contribution in [0.15, 0.2) is 42.5 Å². The lowest BCUT2D eigenvalue weighted by Crippen LogP contribution is -2.30. The summed E-state index contributed by atoms with van der Waals surface area (Å²) in [7, 11) is 0. The van der Waals surface area contributed by atoms with Gasteiger partial charge < -0.3 is 10.6 Å². The quantitative estimate of drug-likeness (QED) is 0.745. The van der Waals surface area contributed by atoms with Gasteiger partial charge in [0.15, 0.2) is 0 Å². The Morgan fingerprint density at radius 2 is 2.09 bits per heavy atom. The molecule has 1 heterocycles.